The Morgan fingerprint density at radius 2 is 2.31 bits per heavy atom. The summed E-state index contributed by atoms with van der Waals surface area (Å²) < 4.78 is 0. The minimum Gasteiger partial charge on any atom is -0.358 e. The molecule has 0 aliphatic carbocycles. The number of hydrogen-bond donors (Lipinski definition) is 2. The zero-order chi connectivity index (χ0) is 12.0. The maximum atomic E-state index is 11.6. The van der Waals surface area contributed by atoms with Crippen molar-refractivity contribution in [2.75, 3.05) is 7.05 Å². The smallest absolute Gasteiger partial charge is 0.236 e. The lowest BCUT2D eigenvalue weighted by atomic mass is 10.0. The van der Waals surface area contributed by atoms with Gasteiger partial charge in [-0.25, -0.2) is 0 Å². The third kappa shape index (κ3) is 4.28. The molecule has 1 atom stereocenters. The summed E-state index contributed by atoms with van der Waals surface area (Å²) in [5, 5.41) is 5.95. The molecule has 1 rings (SSSR count). The molecular formula is C11H19N3OS. The molecule has 0 aliphatic rings. The van der Waals surface area contributed by atoms with E-state index in [9.17, 15) is 4.79 Å². The fourth-order valence-corrected chi connectivity index (χ4v) is 2.03. The Morgan fingerprint density at radius 1 is 1.56 bits per heavy atom. The van der Waals surface area contributed by atoms with Crippen LogP contribution >= 0.6 is 11.3 Å². The van der Waals surface area contributed by atoms with E-state index < -0.39 is 0 Å². The van der Waals surface area contributed by atoms with Gasteiger partial charge in [-0.05, 0) is 12.3 Å². The monoisotopic (exact) mass is 241 g/mol. The lowest BCUT2D eigenvalue weighted by Crippen LogP contribution is -2.43. The van der Waals surface area contributed by atoms with Crippen LogP contribution in [-0.4, -0.2) is 24.0 Å². The van der Waals surface area contributed by atoms with Gasteiger partial charge in [-0.15, -0.1) is 11.3 Å². The van der Waals surface area contributed by atoms with Gasteiger partial charge in [0.2, 0.25) is 5.91 Å². The van der Waals surface area contributed by atoms with Crippen molar-refractivity contribution >= 4 is 17.2 Å². The first kappa shape index (κ1) is 13.1. The van der Waals surface area contributed by atoms with Gasteiger partial charge in [-0.1, -0.05) is 13.8 Å². The van der Waals surface area contributed by atoms with Crippen LogP contribution in [0.1, 0.15) is 25.1 Å². The minimum atomic E-state index is -0.118. The summed E-state index contributed by atoms with van der Waals surface area (Å²) in [5.74, 6) is 0.550. The number of nitrogens with one attached hydrogen (secondary N) is 2. The molecule has 0 aromatic carbocycles. The SMILES string of the molecule is CNC(=O)C(CC(C)C)NCc1cncs1. The van der Waals surface area contributed by atoms with Crippen LogP contribution in [0, 0.1) is 5.92 Å². The molecule has 0 saturated heterocycles. The normalized spacial score (nSPS) is 12.8. The van der Waals surface area contributed by atoms with Crippen LogP contribution in [0.15, 0.2) is 11.7 Å². The average Bonchev–Trinajstić information content (AvgIpc) is 2.75. The first-order valence-corrected chi connectivity index (χ1v) is 6.33. The summed E-state index contributed by atoms with van der Waals surface area (Å²) in [7, 11) is 1.67. The van der Waals surface area contributed by atoms with Crippen LogP contribution in [-0.2, 0) is 11.3 Å². The Morgan fingerprint density at radius 3 is 2.81 bits per heavy atom. The van der Waals surface area contributed by atoms with E-state index in [-0.39, 0.29) is 11.9 Å². The Balaban J connectivity index is 2.46. The molecule has 2 N–H and O–H groups in total. The maximum Gasteiger partial charge on any atom is 0.236 e. The largest absolute Gasteiger partial charge is 0.358 e. The standard InChI is InChI=1S/C11H19N3OS/c1-8(2)4-10(11(15)12-3)14-6-9-5-13-7-16-9/h5,7-8,10,14H,4,6H2,1-3H3,(H,12,15). The molecule has 90 valence electrons. The van der Waals surface area contributed by atoms with Gasteiger partial charge in [0, 0.05) is 24.7 Å². The van der Waals surface area contributed by atoms with E-state index in [1.807, 2.05) is 6.20 Å². The molecule has 0 fully saturated rings. The van der Waals surface area contributed by atoms with E-state index in [0.717, 1.165) is 11.3 Å². The van der Waals surface area contributed by atoms with Crippen LogP contribution < -0.4 is 10.6 Å². The van der Waals surface area contributed by atoms with Crippen molar-refractivity contribution < 1.29 is 4.79 Å². The van der Waals surface area contributed by atoms with Crippen molar-refractivity contribution in [1.82, 2.24) is 15.6 Å². The van der Waals surface area contributed by atoms with E-state index in [1.54, 1.807) is 23.9 Å². The Hall–Kier alpha value is -0.940. The van der Waals surface area contributed by atoms with Crippen molar-refractivity contribution in [2.24, 2.45) is 5.92 Å². The summed E-state index contributed by atoms with van der Waals surface area (Å²) in [6.07, 6.45) is 2.67. The molecule has 1 aromatic heterocycles. The van der Waals surface area contributed by atoms with Crippen LogP contribution in [0.25, 0.3) is 0 Å². The van der Waals surface area contributed by atoms with Gasteiger partial charge in [0.25, 0.3) is 0 Å². The topological polar surface area (TPSA) is 54.0 Å². The Labute approximate surface area is 100 Å². The highest BCUT2D eigenvalue weighted by Gasteiger charge is 2.17. The fraction of sp³-hybridized carbons (Fsp3) is 0.636. The van der Waals surface area contributed by atoms with Crippen molar-refractivity contribution in [1.29, 1.82) is 0 Å². The number of hydrogen-bond acceptors (Lipinski definition) is 4. The molecule has 1 unspecified atom stereocenters. The molecule has 16 heavy (non-hydrogen) atoms. The summed E-state index contributed by atoms with van der Waals surface area (Å²) in [6, 6.07) is -0.118. The molecule has 0 spiro atoms. The second-order valence-corrected chi connectivity index (χ2v) is 5.12. The number of amides is 1. The van der Waals surface area contributed by atoms with Crippen LogP contribution in [0.5, 0.6) is 0 Å². The average molecular weight is 241 g/mol. The first-order valence-electron chi connectivity index (χ1n) is 5.45. The van der Waals surface area contributed by atoms with E-state index in [2.05, 4.69) is 29.5 Å². The Kier molecular flexibility index (Phi) is 5.42. The van der Waals surface area contributed by atoms with Crippen molar-refractivity contribution in [3.05, 3.63) is 16.6 Å². The molecular weight excluding hydrogens is 222 g/mol. The number of rotatable bonds is 6. The Bertz CT molecular complexity index is 311. The van der Waals surface area contributed by atoms with Crippen molar-refractivity contribution in [3.8, 4) is 0 Å². The highest BCUT2D eigenvalue weighted by molar-refractivity contribution is 7.09. The van der Waals surface area contributed by atoms with Crippen LogP contribution in [0.2, 0.25) is 0 Å². The van der Waals surface area contributed by atoms with Crippen molar-refractivity contribution in [2.45, 2.75) is 32.9 Å². The third-order valence-corrected chi connectivity index (χ3v) is 3.06. The van der Waals surface area contributed by atoms with Gasteiger partial charge < -0.3 is 10.6 Å². The first-order chi connectivity index (χ1) is 7.63. The van der Waals surface area contributed by atoms with Gasteiger partial charge in [-0.3, -0.25) is 9.78 Å². The fourth-order valence-electron chi connectivity index (χ4n) is 1.48. The van der Waals surface area contributed by atoms with Gasteiger partial charge in [-0.2, -0.15) is 0 Å². The molecule has 0 saturated carbocycles. The highest BCUT2D eigenvalue weighted by atomic mass is 32.1. The number of nitrogens with zero attached hydrogens (tertiary/aromatic N) is 1. The molecule has 1 heterocycles. The van der Waals surface area contributed by atoms with Crippen molar-refractivity contribution in [3.63, 3.8) is 0 Å². The molecule has 4 nitrogen and oxygen atoms in total. The van der Waals surface area contributed by atoms with E-state index in [0.29, 0.717) is 12.5 Å². The molecule has 0 bridgehead atoms. The number of aromatic nitrogens is 1. The number of likely N-dealkylation sites (N-methyl/N-ethyl adjacent to an activating group) is 1. The highest BCUT2D eigenvalue weighted by Crippen LogP contribution is 2.08. The molecule has 1 aromatic rings. The summed E-state index contributed by atoms with van der Waals surface area (Å²) >= 11 is 1.60. The quantitative estimate of drug-likeness (QED) is 0.791. The number of carbonyl (C=O) groups is 1. The van der Waals surface area contributed by atoms with Gasteiger partial charge in [0.15, 0.2) is 0 Å². The lowest BCUT2D eigenvalue weighted by Gasteiger charge is -2.18. The number of thiazole rings is 1. The summed E-state index contributed by atoms with van der Waals surface area (Å²) in [5.41, 5.74) is 1.80. The second kappa shape index (κ2) is 6.60. The lowest BCUT2D eigenvalue weighted by molar-refractivity contribution is -0.123. The second-order valence-electron chi connectivity index (χ2n) is 4.15. The van der Waals surface area contributed by atoms with E-state index in [4.69, 9.17) is 0 Å². The van der Waals surface area contributed by atoms with Gasteiger partial charge in [0.1, 0.15) is 0 Å². The molecule has 0 aliphatic heterocycles. The summed E-state index contributed by atoms with van der Waals surface area (Å²) in [6.45, 7) is 4.93. The molecule has 1 amide bonds. The van der Waals surface area contributed by atoms with E-state index in [1.165, 1.54) is 0 Å². The van der Waals surface area contributed by atoms with Gasteiger partial charge >= 0.3 is 0 Å². The predicted molar refractivity (Wildman–Crippen MR) is 66.3 cm³/mol. The van der Waals surface area contributed by atoms with Crippen LogP contribution in [0.4, 0.5) is 0 Å². The predicted octanol–water partition coefficient (Wildman–Crippen LogP) is 1.39. The zero-order valence-corrected chi connectivity index (χ0v) is 10.8. The van der Waals surface area contributed by atoms with E-state index >= 15 is 0 Å². The zero-order valence-electron chi connectivity index (χ0n) is 9.99. The maximum absolute atomic E-state index is 11.6. The van der Waals surface area contributed by atoms with Gasteiger partial charge in [0.05, 0.1) is 11.6 Å². The minimum absolute atomic E-state index is 0.0539. The molecule has 5 heteroatoms. The summed E-state index contributed by atoms with van der Waals surface area (Å²) in [4.78, 5) is 16.8. The van der Waals surface area contributed by atoms with Crippen LogP contribution in [0.3, 0.4) is 0 Å². The number of carbonyl (C=O) groups excluding carboxylic acids is 1. The molecule has 0 radical (unpaired) electrons. The third-order valence-electron chi connectivity index (χ3n) is 2.28.